The van der Waals surface area contributed by atoms with E-state index < -0.39 is 0 Å². The van der Waals surface area contributed by atoms with Gasteiger partial charge in [0.25, 0.3) is 0 Å². The van der Waals surface area contributed by atoms with Crippen LogP contribution in [0.3, 0.4) is 0 Å². The fraction of sp³-hybridized carbons (Fsp3) is 0.571. The summed E-state index contributed by atoms with van der Waals surface area (Å²) in [6.45, 7) is 5.44. The summed E-state index contributed by atoms with van der Waals surface area (Å²) >= 11 is 0. The molecule has 0 amide bonds. The summed E-state index contributed by atoms with van der Waals surface area (Å²) in [5.74, 6) is -0.158. The van der Waals surface area contributed by atoms with Gasteiger partial charge in [-0.15, -0.1) is 0 Å². The first kappa shape index (κ1) is 13.3. The maximum absolute atomic E-state index is 14.1. The number of likely N-dealkylation sites (N-methyl/N-ethyl adjacent to an activating group) is 1. The van der Waals surface area contributed by atoms with E-state index in [1.807, 2.05) is 6.07 Å². The van der Waals surface area contributed by atoms with E-state index in [0.29, 0.717) is 18.3 Å². The number of hydrogen-bond acceptors (Lipinski definition) is 3. The smallest absolute Gasteiger partial charge is 0.146 e. The van der Waals surface area contributed by atoms with E-state index in [2.05, 4.69) is 23.8 Å². The van der Waals surface area contributed by atoms with Crippen LogP contribution in [0.5, 0.6) is 0 Å². The predicted octanol–water partition coefficient (Wildman–Crippen LogP) is 1.81. The molecule has 1 aromatic rings. The van der Waals surface area contributed by atoms with Crippen molar-refractivity contribution >= 4 is 5.69 Å². The summed E-state index contributed by atoms with van der Waals surface area (Å²) in [5, 5.41) is 0. The third-order valence-corrected chi connectivity index (χ3v) is 3.62. The molecule has 4 heteroatoms. The van der Waals surface area contributed by atoms with Gasteiger partial charge in [0.05, 0.1) is 5.69 Å². The third-order valence-electron chi connectivity index (χ3n) is 3.62. The number of hydrogen-bond donors (Lipinski definition) is 1. The number of nitrogens with zero attached hydrogens (tertiary/aromatic N) is 2. The Hall–Kier alpha value is -1.13. The molecule has 0 aliphatic carbocycles. The van der Waals surface area contributed by atoms with Gasteiger partial charge in [0, 0.05) is 25.7 Å². The quantitative estimate of drug-likeness (QED) is 0.870. The highest BCUT2D eigenvalue weighted by Gasteiger charge is 2.23. The zero-order valence-corrected chi connectivity index (χ0v) is 11.2. The second-order valence-corrected chi connectivity index (χ2v) is 5.11. The van der Waals surface area contributed by atoms with Gasteiger partial charge in [0.1, 0.15) is 5.82 Å². The van der Waals surface area contributed by atoms with Crippen molar-refractivity contribution in [2.24, 2.45) is 5.73 Å². The lowest BCUT2D eigenvalue weighted by Crippen LogP contribution is -2.39. The van der Waals surface area contributed by atoms with E-state index in [4.69, 9.17) is 5.73 Å². The lowest BCUT2D eigenvalue weighted by molar-refractivity contribution is 0.337. The number of halogens is 1. The molecular weight excluding hydrogens is 229 g/mol. The minimum absolute atomic E-state index is 0.158. The number of nitrogens with two attached hydrogens (primary N) is 1. The number of benzene rings is 1. The van der Waals surface area contributed by atoms with Crippen molar-refractivity contribution in [3.63, 3.8) is 0 Å². The van der Waals surface area contributed by atoms with Gasteiger partial charge in [0.2, 0.25) is 0 Å². The predicted molar refractivity (Wildman–Crippen MR) is 73.2 cm³/mol. The van der Waals surface area contributed by atoms with Gasteiger partial charge >= 0.3 is 0 Å². The Morgan fingerprint density at radius 1 is 1.39 bits per heavy atom. The van der Waals surface area contributed by atoms with Crippen molar-refractivity contribution < 1.29 is 4.39 Å². The van der Waals surface area contributed by atoms with Crippen molar-refractivity contribution in [2.45, 2.75) is 25.9 Å². The first-order valence-corrected chi connectivity index (χ1v) is 6.56. The number of anilines is 1. The topological polar surface area (TPSA) is 32.5 Å². The van der Waals surface area contributed by atoms with Gasteiger partial charge in [-0.1, -0.05) is 12.1 Å². The van der Waals surface area contributed by atoms with Crippen molar-refractivity contribution in [1.29, 1.82) is 0 Å². The van der Waals surface area contributed by atoms with Crippen molar-refractivity contribution in [2.75, 3.05) is 31.6 Å². The van der Waals surface area contributed by atoms with Crippen LogP contribution in [0.4, 0.5) is 10.1 Å². The highest BCUT2D eigenvalue weighted by molar-refractivity contribution is 5.55. The molecule has 1 heterocycles. The molecule has 0 saturated carbocycles. The number of rotatable bonds is 2. The lowest BCUT2D eigenvalue weighted by atomic mass is 10.1. The van der Waals surface area contributed by atoms with Gasteiger partial charge < -0.3 is 15.5 Å². The zero-order chi connectivity index (χ0) is 13.1. The monoisotopic (exact) mass is 251 g/mol. The molecular formula is C14H22FN3. The molecule has 18 heavy (non-hydrogen) atoms. The second kappa shape index (κ2) is 5.67. The summed E-state index contributed by atoms with van der Waals surface area (Å²) in [6.07, 6.45) is 1.05. The van der Waals surface area contributed by atoms with Gasteiger partial charge in [-0.05, 0) is 38.6 Å². The summed E-state index contributed by atoms with van der Waals surface area (Å²) in [5.41, 5.74) is 7.33. The van der Waals surface area contributed by atoms with Crippen LogP contribution in [0, 0.1) is 5.82 Å². The molecule has 100 valence electrons. The second-order valence-electron chi connectivity index (χ2n) is 5.11. The average molecular weight is 251 g/mol. The molecule has 1 fully saturated rings. The van der Waals surface area contributed by atoms with Crippen LogP contribution in [0.25, 0.3) is 0 Å². The maximum atomic E-state index is 14.1. The van der Waals surface area contributed by atoms with Crippen LogP contribution in [0.1, 0.15) is 18.9 Å². The van der Waals surface area contributed by atoms with Crippen LogP contribution in [-0.2, 0) is 6.54 Å². The van der Waals surface area contributed by atoms with Crippen LogP contribution in [0.15, 0.2) is 18.2 Å². The van der Waals surface area contributed by atoms with E-state index in [0.717, 1.165) is 31.6 Å². The molecule has 0 radical (unpaired) electrons. The Morgan fingerprint density at radius 3 is 2.89 bits per heavy atom. The van der Waals surface area contributed by atoms with E-state index in [1.54, 1.807) is 6.07 Å². The van der Waals surface area contributed by atoms with Crippen LogP contribution < -0.4 is 10.6 Å². The highest BCUT2D eigenvalue weighted by Crippen LogP contribution is 2.27. The van der Waals surface area contributed by atoms with Crippen molar-refractivity contribution in [3.8, 4) is 0 Å². The van der Waals surface area contributed by atoms with Gasteiger partial charge in [-0.25, -0.2) is 4.39 Å². The standard InChI is InChI=1S/C14H22FN3/c1-11-10-17(2)7-4-8-18(11)14-12(9-16)5-3-6-13(14)15/h3,5-6,11H,4,7-10,16H2,1-2H3. The first-order valence-electron chi connectivity index (χ1n) is 6.56. The van der Waals surface area contributed by atoms with Crippen LogP contribution in [-0.4, -0.2) is 37.6 Å². The SMILES string of the molecule is CC1CN(C)CCCN1c1c(F)cccc1CN. The molecule has 1 aliphatic heterocycles. The van der Waals surface area contributed by atoms with Crippen LogP contribution in [0.2, 0.25) is 0 Å². The maximum Gasteiger partial charge on any atom is 0.146 e. The fourth-order valence-corrected chi connectivity index (χ4v) is 2.75. The molecule has 1 saturated heterocycles. The van der Waals surface area contributed by atoms with Gasteiger partial charge in [-0.3, -0.25) is 0 Å². The normalized spacial score (nSPS) is 22.0. The summed E-state index contributed by atoms with van der Waals surface area (Å²) in [4.78, 5) is 4.47. The van der Waals surface area contributed by atoms with Crippen LogP contribution >= 0.6 is 0 Å². The lowest BCUT2D eigenvalue weighted by Gasteiger charge is -2.32. The molecule has 2 rings (SSSR count). The molecule has 0 aromatic heterocycles. The Kier molecular flexibility index (Phi) is 4.19. The molecule has 3 nitrogen and oxygen atoms in total. The van der Waals surface area contributed by atoms with E-state index in [-0.39, 0.29) is 5.82 Å². The Morgan fingerprint density at radius 2 is 2.17 bits per heavy atom. The Bertz CT molecular complexity index is 408. The fourth-order valence-electron chi connectivity index (χ4n) is 2.75. The number of para-hydroxylation sites is 1. The summed E-state index contributed by atoms with van der Waals surface area (Å²) in [6, 6.07) is 5.48. The minimum atomic E-state index is -0.158. The van der Waals surface area contributed by atoms with E-state index in [9.17, 15) is 4.39 Å². The Balaban J connectivity index is 2.34. The van der Waals surface area contributed by atoms with Gasteiger partial charge in [0.15, 0.2) is 0 Å². The third kappa shape index (κ3) is 2.65. The largest absolute Gasteiger partial charge is 0.365 e. The van der Waals surface area contributed by atoms with E-state index in [1.165, 1.54) is 6.07 Å². The van der Waals surface area contributed by atoms with Crippen molar-refractivity contribution in [3.05, 3.63) is 29.6 Å². The molecule has 0 spiro atoms. The molecule has 1 unspecified atom stereocenters. The zero-order valence-electron chi connectivity index (χ0n) is 11.2. The average Bonchev–Trinajstić information content (AvgIpc) is 2.50. The van der Waals surface area contributed by atoms with Crippen molar-refractivity contribution in [1.82, 2.24) is 4.90 Å². The Labute approximate surface area is 108 Å². The summed E-state index contributed by atoms with van der Waals surface area (Å²) < 4.78 is 14.1. The molecule has 1 atom stereocenters. The highest BCUT2D eigenvalue weighted by atomic mass is 19.1. The molecule has 1 aromatic carbocycles. The molecule has 0 bridgehead atoms. The minimum Gasteiger partial charge on any atom is -0.365 e. The van der Waals surface area contributed by atoms with E-state index >= 15 is 0 Å². The molecule has 2 N–H and O–H groups in total. The summed E-state index contributed by atoms with van der Waals surface area (Å²) in [7, 11) is 2.12. The molecule has 1 aliphatic rings. The first-order chi connectivity index (χ1) is 8.63. The van der Waals surface area contributed by atoms with Gasteiger partial charge in [-0.2, -0.15) is 0 Å².